The van der Waals surface area contributed by atoms with Crippen LogP contribution in [0.1, 0.15) is 10.4 Å². The number of methoxy groups -OCH3 is 3. The largest absolute Gasteiger partial charge is 0.493 e. The van der Waals surface area contributed by atoms with Crippen LogP contribution in [0.25, 0.3) is 0 Å². The van der Waals surface area contributed by atoms with Crippen LogP contribution in [0.2, 0.25) is 0 Å². The van der Waals surface area contributed by atoms with Crippen molar-refractivity contribution in [2.75, 3.05) is 33.3 Å². The Labute approximate surface area is 138 Å². The zero-order chi connectivity index (χ0) is 17.5. The van der Waals surface area contributed by atoms with Gasteiger partial charge in [-0.1, -0.05) is 0 Å². The number of carbonyl (C=O) groups is 2. The van der Waals surface area contributed by atoms with Gasteiger partial charge in [0.25, 0.3) is 5.91 Å². The maximum atomic E-state index is 11.9. The fourth-order valence-corrected chi connectivity index (χ4v) is 1.95. The molecule has 24 heavy (non-hydrogen) atoms. The summed E-state index contributed by atoms with van der Waals surface area (Å²) in [5, 5.41) is 2.59. The molecule has 1 N–H and O–H groups in total. The molecule has 2 aromatic rings. The summed E-state index contributed by atoms with van der Waals surface area (Å²) in [6, 6.07) is 4.58. The molecule has 0 spiro atoms. The van der Waals surface area contributed by atoms with E-state index < -0.39 is 18.5 Å². The van der Waals surface area contributed by atoms with E-state index in [1.54, 1.807) is 12.1 Å². The van der Waals surface area contributed by atoms with Crippen molar-refractivity contribution >= 4 is 17.6 Å². The van der Waals surface area contributed by atoms with Gasteiger partial charge >= 0.3 is 5.97 Å². The van der Waals surface area contributed by atoms with Crippen molar-refractivity contribution in [3.8, 4) is 17.2 Å². The topological polar surface area (TPSA) is 96.2 Å². The lowest BCUT2D eigenvalue weighted by atomic mass is 10.2. The Morgan fingerprint density at radius 1 is 1.08 bits per heavy atom. The molecule has 0 bridgehead atoms. The van der Waals surface area contributed by atoms with Crippen molar-refractivity contribution in [1.82, 2.24) is 0 Å². The maximum Gasteiger partial charge on any atom is 0.341 e. The molecule has 0 radical (unpaired) electrons. The molecule has 8 nitrogen and oxygen atoms in total. The third kappa shape index (κ3) is 3.97. The van der Waals surface area contributed by atoms with Gasteiger partial charge in [0, 0.05) is 17.8 Å². The summed E-state index contributed by atoms with van der Waals surface area (Å²) in [7, 11) is 4.42. The highest BCUT2D eigenvalue weighted by Gasteiger charge is 2.16. The summed E-state index contributed by atoms with van der Waals surface area (Å²) in [5.74, 6) is 0.0272. The van der Waals surface area contributed by atoms with E-state index >= 15 is 0 Å². The molecule has 0 saturated heterocycles. The minimum Gasteiger partial charge on any atom is -0.493 e. The van der Waals surface area contributed by atoms with E-state index in [1.165, 1.54) is 39.9 Å². The molecule has 0 aliphatic heterocycles. The summed E-state index contributed by atoms with van der Waals surface area (Å²) in [6.45, 7) is -0.444. The van der Waals surface area contributed by atoms with Gasteiger partial charge in [-0.05, 0) is 6.07 Å². The summed E-state index contributed by atoms with van der Waals surface area (Å²) >= 11 is 0. The van der Waals surface area contributed by atoms with Gasteiger partial charge in [-0.3, -0.25) is 4.79 Å². The summed E-state index contributed by atoms with van der Waals surface area (Å²) in [4.78, 5) is 23.5. The summed E-state index contributed by atoms with van der Waals surface area (Å²) < 4.78 is 25.2. The van der Waals surface area contributed by atoms with Crippen molar-refractivity contribution in [1.29, 1.82) is 0 Å². The number of rotatable bonds is 7. The zero-order valence-electron chi connectivity index (χ0n) is 13.5. The van der Waals surface area contributed by atoms with E-state index in [-0.39, 0.29) is 5.56 Å². The lowest BCUT2D eigenvalue weighted by molar-refractivity contribution is -0.119. The number of furan rings is 1. The van der Waals surface area contributed by atoms with Crippen LogP contribution in [0.4, 0.5) is 5.69 Å². The first-order chi connectivity index (χ1) is 11.6. The van der Waals surface area contributed by atoms with Crippen molar-refractivity contribution in [3.05, 3.63) is 36.3 Å². The molecule has 1 heterocycles. The van der Waals surface area contributed by atoms with Gasteiger partial charge in [-0.25, -0.2) is 4.79 Å². The van der Waals surface area contributed by atoms with E-state index in [1.807, 2.05) is 0 Å². The van der Waals surface area contributed by atoms with Crippen molar-refractivity contribution in [2.24, 2.45) is 0 Å². The average Bonchev–Trinajstić information content (AvgIpc) is 3.13. The number of hydrogen-bond donors (Lipinski definition) is 1. The Bertz CT molecular complexity index is 684. The first kappa shape index (κ1) is 17.2. The molecule has 1 aromatic heterocycles. The Balaban J connectivity index is 2.02. The third-order valence-electron chi connectivity index (χ3n) is 3.04. The first-order valence-electron chi connectivity index (χ1n) is 6.88. The van der Waals surface area contributed by atoms with Crippen LogP contribution >= 0.6 is 0 Å². The van der Waals surface area contributed by atoms with Crippen LogP contribution in [0.3, 0.4) is 0 Å². The van der Waals surface area contributed by atoms with Gasteiger partial charge in [-0.15, -0.1) is 0 Å². The second-order valence-corrected chi connectivity index (χ2v) is 4.55. The Kier molecular flexibility index (Phi) is 5.67. The molecule has 1 amide bonds. The predicted molar refractivity (Wildman–Crippen MR) is 83.7 cm³/mol. The maximum absolute atomic E-state index is 11.9. The molecule has 0 unspecified atom stereocenters. The molecule has 0 atom stereocenters. The number of esters is 1. The van der Waals surface area contributed by atoms with Gasteiger partial charge < -0.3 is 28.7 Å². The molecule has 8 heteroatoms. The molecule has 0 fully saturated rings. The highest BCUT2D eigenvalue weighted by molar-refractivity contribution is 5.95. The molecule has 128 valence electrons. The van der Waals surface area contributed by atoms with E-state index in [0.717, 1.165) is 0 Å². The van der Waals surface area contributed by atoms with Gasteiger partial charge in [0.15, 0.2) is 18.1 Å². The van der Waals surface area contributed by atoms with Crippen molar-refractivity contribution in [3.63, 3.8) is 0 Å². The number of amides is 1. The SMILES string of the molecule is COc1cc(NC(=O)COC(=O)c2ccoc2)cc(OC)c1OC. The van der Waals surface area contributed by atoms with Gasteiger partial charge in [0.2, 0.25) is 5.75 Å². The van der Waals surface area contributed by atoms with Gasteiger partial charge in [0.1, 0.15) is 6.26 Å². The Morgan fingerprint density at radius 2 is 1.75 bits per heavy atom. The van der Waals surface area contributed by atoms with E-state index in [2.05, 4.69) is 5.32 Å². The normalized spacial score (nSPS) is 9.96. The number of carbonyl (C=O) groups excluding carboxylic acids is 2. The summed E-state index contributed by atoms with van der Waals surface area (Å²) in [5.41, 5.74) is 0.643. The molecule has 0 aliphatic rings. The number of nitrogens with one attached hydrogen (secondary N) is 1. The third-order valence-corrected chi connectivity index (χ3v) is 3.04. The van der Waals surface area contributed by atoms with Crippen LogP contribution < -0.4 is 19.5 Å². The molecular formula is C16H17NO7. The van der Waals surface area contributed by atoms with Crippen LogP contribution in [0.5, 0.6) is 17.2 Å². The highest BCUT2D eigenvalue weighted by Crippen LogP contribution is 2.39. The van der Waals surface area contributed by atoms with Crippen LogP contribution in [0.15, 0.2) is 35.1 Å². The predicted octanol–water partition coefficient (Wildman–Crippen LogP) is 2.10. The fraction of sp³-hybridized carbons (Fsp3) is 0.250. The molecule has 0 saturated carbocycles. The number of benzene rings is 1. The van der Waals surface area contributed by atoms with E-state index in [4.69, 9.17) is 23.4 Å². The zero-order valence-corrected chi connectivity index (χ0v) is 13.5. The molecular weight excluding hydrogens is 318 g/mol. The smallest absolute Gasteiger partial charge is 0.341 e. The quantitative estimate of drug-likeness (QED) is 0.774. The van der Waals surface area contributed by atoms with Crippen LogP contribution in [-0.4, -0.2) is 39.8 Å². The average molecular weight is 335 g/mol. The van der Waals surface area contributed by atoms with E-state index in [0.29, 0.717) is 22.9 Å². The van der Waals surface area contributed by atoms with Crippen LogP contribution in [0, 0.1) is 0 Å². The Morgan fingerprint density at radius 3 is 2.25 bits per heavy atom. The van der Waals surface area contributed by atoms with Crippen LogP contribution in [-0.2, 0) is 9.53 Å². The number of hydrogen-bond acceptors (Lipinski definition) is 7. The van der Waals surface area contributed by atoms with Gasteiger partial charge in [0.05, 0.1) is 33.2 Å². The first-order valence-corrected chi connectivity index (χ1v) is 6.88. The number of ether oxygens (including phenoxy) is 4. The molecule has 0 aliphatic carbocycles. The Hall–Kier alpha value is -3.16. The number of anilines is 1. The van der Waals surface area contributed by atoms with E-state index in [9.17, 15) is 9.59 Å². The fourth-order valence-electron chi connectivity index (χ4n) is 1.95. The minimum absolute atomic E-state index is 0.232. The van der Waals surface area contributed by atoms with Crippen molar-refractivity contribution in [2.45, 2.75) is 0 Å². The minimum atomic E-state index is -0.649. The highest BCUT2D eigenvalue weighted by atomic mass is 16.5. The molecule has 1 aromatic carbocycles. The monoisotopic (exact) mass is 335 g/mol. The van der Waals surface area contributed by atoms with Crippen molar-refractivity contribution < 1.29 is 33.0 Å². The standard InChI is InChI=1S/C16H17NO7/c1-20-12-6-11(7-13(21-2)15(12)22-3)17-14(18)9-24-16(19)10-4-5-23-8-10/h4-8H,9H2,1-3H3,(H,17,18). The van der Waals surface area contributed by atoms with Gasteiger partial charge in [-0.2, -0.15) is 0 Å². The second kappa shape index (κ2) is 7.91. The lowest BCUT2D eigenvalue weighted by Crippen LogP contribution is -2.20. The second-order valence-electron chi connectivity index (χ2n) is 4.55. The summed E-state index contributed by atoms with van der Waals surface area (Å²) in [6.07, 6.45) is 2.58. The lowest BCUT2D eigenvalue weighted by Gasteiger charge is -2.14. The molecule has 2 rings (SSSR count).